The molecule has 0 aromatic heterocycles. The van der Waals surface area contributed by atoms with Crippen molar-refractivity contribution >= 4 is 5.78 Å². The van der Waals surface area contributed by atoms with Crippen molar-refractivity contribution in [3.05, 3.63) is 29.2 Å². The summed E-state index contributed by atoms with van der Waals surface area (Å²) in [6.07, 6.45) is 10.4. The van der Waals surface area contributed by atoms with Crippen LogP contribution in [-0.2, 0) is 4.79 Å². The Morgan fingerprint density at radius 2 is 2.07 bits per heavy atom. The van der Waals surface area contributed by atoms with Gasteiger partial charge in [-0.25, -0.2) is 0 Å². The van der Waals surface area contributed by atoms with E-state index in [0.717, 1.165) is 18.4 Å². The van der Waals surface area contributed by atoms with E-state index in [-0.39, 0.29) is 1.43 Å². The number of carbonyl (C=O) groups excluding carboxylic acids is 1. The third-order valence-corrected chi connectivity index (χ3v) is 4.22. The van der Waals surface area contributed by atoms with Crippen molar-refractivity contribution in [3.8, 4) is 0 Å². The number of hydrogen-bond acceptors (Lipinski definition) is 1. The molecule has 0 aromatic carbocycles. The molecule has 0 bridgehead atoms. The maximum atomic E-state index is 12.2. The molecule has 15 heavy (non-hydrogen) atoms. The first-order valence-electron chi connectivity index (χ1n) is 6.07. The van der Waals surface area contributed by atoms with Gasteiger partial charge >= 0.3 is 0 Å². The van der Waals surface area contributed by atoms with E-state index >= 15 is 0 Å². The van der Waals surface area contributed by atoms with E-state index in [9.17, 15) is 4.79 Å². The number of hydrogen-bond donors (Lipinski definition) is 0. The molecule has 1 heteroatoms. The molecule has 2 atom stereocenters. The molecule has 1 nitrogen and oxygen atoms in total. The fraction of sp³-hybridized carbons (Fsp3) is 0.571. The van der Waals surface area contributed by atoms with Gasteiger partial charge in [0.05, 0.1) is 0 Å². The van der Waals surface area contributed by atoms with Crippen molar-refractivity contribution in [2.45, 2.75) is 39.0 Å². The molecule has 0 heterocycles. The molecule has 0 spiro atoms. The summed E-state index contributed by atoms with van der Waals surface area (Å²) in [6.45, 7) is 2.02. The Hall–Kier alpha value is -0.850. The lowest BCUT2D eigenvalue weighted by molar-refractivity contribution is -0.122. The Bertz CT molecular complexity index is 378. The molecule has 0 N–H and O–H groups in total. The van der Waals surface area contributed by atoms with E-state index in [1.54, 1.807) is 0 Å². The van der Waals surface area contributed by atoms with Crippen molar-refractivity contribution in [2.24, 2.45) is 11.8 Å². The van der Waals surface area contributed by atoms with Crippen LogP contribution in [0.5, 0.6) is 0 Å². The molecule has 0 aromatic rings. The van der Waals surface area contributed by atoms with Gasteiger partial charge in [0.25, 0.3) is 0 Å². The van der Waals surface area contributed by atoms with Gasteiger partial charge in [0.1, 0.15) is 0 Å². The van der Waals surface area contributed by atoms with Gasteiger partial charge in [-0.05, 0) is 48.8 Å². The zero-order valence-electron chi connectivity index (χ0n) is 9.25. The highest BCUT2D eigenvalue weighted by Gasteiger charge is 2.38. The first-order valence-corrected chi connectivity index (χ1v) is 6.07. The molecule has 0 saturated heterocycles. The fourth-order valence-corrected chi connectivity index (χ4v) is 3.22. The number of allylic oxidation sites excluding steroid dienone is 4. The van der Waals surface area contributed by atoms with Crippen LogP contribution in [0.4, 0.5) is 0 Å². The Balaban J connectivity index is 0.000000963. The average Bonchev–Trinajstić information content (AvgIpc) is 3.07. The lowest BCUT2D eigenvalue weighted by atomic mass is 9.68. The summed E-state index contributed by atoms with van der Waals surface area (Å²) in [7, 11) is 0. The normalized spacial score (nSPS) is 35.0. The van der Waals surface area contributed by atoms with Crippen LogP contribution in [-0.4, -0.2) is 5.78 Å². The summed E-state index contributed by atoms with van der Waals surface area (Å²) in [5, 5.41) is 0. The van der Waals surface area contributed by atoms with Gasteiger partial charge in [-0.1, -0.05) is 18.9 Å². The van der Waals surface area contributed by atoms with Crippen LogP contribution in [0.1, 0.15) is 40.5 Å². The Morgan fingerprint density at radius 3 is 2.80 bits per heavy atom. The largest absolute Gasteiger partial charge is 0.294 e. The van der Waals surface area contributed by atoms with Crippen molar-refractivity contribution in [3.63, 3.8) is 0 Å². The number of Topliss-reactive ketones (excluding diaryl/α,β-unsaturated/α-hetero) is 1. The number of carbonyl (C=O) groups is 1. The van der Waals surface area contributed by atoms with E-state index in [1.807, 2.05) is 6.92 Å². The van der Waals surface area contributed by atoms with Gasteiger partial charge in [-0.15, -0.1) is 0 Å². The van der Waals surface area contributed by atoms with Crippen LogP contribution < -0.4 is 0 Å². The Morgan fingerprint density at radius 1 is 1.33 bits per heavy atom. The van der Waals surface area contributed by atoms with Crippen LogP contribution in [0.25, 0.3) is 0 Å². The molecular weight excluding hydrogens is 184 g/mol. The second-order valence-corrected chi connectivity index (χ2v) is 5.11. The summed E-state index contributed by atoms with van der Waals surface area (Å²) >= 11 is 0. The van der Waals surface area contributed by atoms with Crippen molar-refractivity contribution < 1.29 is 6.22 Å². The van der Waals surface area contributed by atoms with E-state index in [2.05, 4.69) is 12.5 Å². The maximum Gasteiger partial charge on any atom is 0.162 e. The fourth-order valence-electron chi connectivity index (χ4n) is 3.22. The monoisotopic (exact) mass is 203 g/mol. The highest BCUT2D eigenvalue weighted by Crippen LogP contribution is 2.45. The smallest absolute Gasteiger partial charge is 0.162 e. The molecule has 81 valence electrons. The van der Waals surface area contributed by atoms with Gasteiger partial charge in [-0.3, -0.25) is 4.79 Å². The van der Waals surface area contributed by atoms with Crippen LogP contribution >= 0.6 is 0 Å². The quantitative estimate of drug-likeness (QED) is 0.637. The standard InChI is InChI=1S/C14H17O.H2/c1-9-13(10-6-7-10)8-11-4-2-3-5-12(11)14(9)15;/h6-7,11-12H,2-5,8H2,1H3;1H. The van der Waals surface area contributed by atoms with Crippen molar-refractivity contribution in [1.29, 1.82) is 0 Å². The maximum absolute atomic E-state index is 12.2. The molecular formula is C14H19O. The first-order chi connectivity index (χ1) is 7.27. The van der Waals surface area contributed by atoms with E-state index in [4.69, 9.17) is 0 Å². The van der Waals surface area contributed by atoms with Crippen LogP contribution in [0.15, 0.2) is 22.8 Å². The van der Waals surface area contributed by atoms with Crippen molar-refractivity contribution in [1.82, 2.24) is 0 Å². The first kappa shape index (κ1) is 9.38. The zero-order valence-corrected chi connectivity index (χ0v) is 9.25. The lowest BCUT2D eigenvalue weighted by Crippen LogP contribution is -2.32. The lowest BCUT2D eigenvalue weighted by Gasteiger charge is -2.35. The molecule has 1 saturated carbocycles. The third kappa shape index (κ3) is 1.49. The molecule has 2 unspecified atom stereocenters. The Kier molecular flexibility index (Phi) is 2.08. The topological polar surface area (TPSA) is 17.1 Å². The summed E-state index contributed by atoms with van der Waals surface area (Å²) in [4.78, 5) is 12.2. The molecule has 0 aliphatic heterocycles. The van der Waals surface area contributed by atoms with Gasteiger partial charge < -0.3 is 0 Å². The van der Waals surface area contributed by atoms with Crippen molar-refractivity contribution in [2.75, 3.05) is 0 Å². The molecule has 0 amide bonds. The van der Waals surface area contributed by atoms with Gasteiger partial charge in [0, 0.05) is 13.8 Å². The van der Waals surface area contributed by atoms with Gasteiger partial charge in [0.2, 0.25) is 0 Å². The zero-order chi connectivity index (χ0) is 10.4. The molecule has 3 aliphatic carbocycles. The summed E-state index contributed by atoms with van der Waals surface area (Å²) in [5.41, 5.74) is 3.74. The summed E-state index contributed by atoms with van der Waals surface area (Å²) < 4.78 is 0. The Labute approximate surface area is 92.7 Å². The second-order valence-electron chi connectivity index (χ2n) is 5.11. The highest BCUT2D eigenvalue weighted by molar-refractivity contribution is 5.99. The number of ketones is 1. The van der Waals surface area contributed by atoms with Crippen LogP contribution in [0.2, 0.25) is 0 Å². The average molecular weight is 203 g/mol. The van der Waals surface area contributed by atoms with E-state index < -0.39 is 0 Å². The molecule has 3 aliphatic rings. The molecule has 1 fully saturated rings. The van der Waals surface area contributed by atoms with Crippen LogP contribution in [0.3, 0.4) is 0 Å². The second kappa shape index (κ2) is 3.33. The molecule has 3 rings (SSSR count). The SMILES string of the molecule is CC1=C(C2=C[CH]2)CC2CCCCC2C1=O.[HH]. The minimum Gasteiger partial charge on any atom is -0.294 e. The van der Waals surface area contributed by atoms with Crippen LogP contribution in [0, 0.1) is 18.3 Å². The summed E-state index contributed by atoms with van der Waals surface area (Å²) in [5.74, 6) is 1.46. The van der Waals surface area contributed by atoms with E-state index in [0.29, 0.717) is 17.6 Å². The minimum atomic E-state index is 0. The van der Waals surface area contributed by atoms with Gasteiger partial charge in [-0.2, -0.15) is 0 Å². The third-order valence-electron chi connectivity index (χ3n) is 4.22. The summed E-state index contributed by atoms with van der Waals surface area (Å²) in [6, 6.07) is 0. The highest BCUT2D eigenvalue weighted by atomic mass is 16.1. The minimum absolute atomic E-state index is 0. The van der Waals surface area contributed by atoms with E-state index in [1.165, 1.54) is 30.4 Å². The predicted molar refractivity (Wildman–Crippen MR) is 62.3 cm³/mol. The molecule has 1 radical (unpaired) electrons. The number of fused-ring (bicyclic) bond motifs is 1. The number of rotatable bonds is 1. The predicted octanol–water partition coefficient (Wildman–Crippen LogP) is 3.47. The van der Waals surface area contributed by atoms with Gasteiger partial charge in [0.15, 0.2) is 5.78 Å².